The second-order valence-corrected chi connectivity index (χ2v) is 5.28. The van der Waals surface area contributed by atoms with Gasteiger partial charge >= 0.3 is 0 Å². The van der Waals surface area contributed by atoms with Gasteiger partial charge < -0.3 is 9.80 Å². The molecule has 1 rings (SSSR count). The highest BCUT2D eigenvalue weighted by Gasteiger charge is 2.17. The number of hydrogen-bond donors (Lipinski definition) is 0. The molecule has 0 bridgehead atoms. The molecule has 1 aromatic carbocycles. The van der Waals surface area contributed by atoms with Crippen LogP contribution in [0.25, 0.3) is 0 Å². The number of carbonyl (C=O) groups is 2. The first kappa shape index (κ1) is 18.1. The lowest BCUT2D eigenvalue weighted by Crippen LogP contribution is -2.37. The van der Waals surface area contributed by atoms with Crippen LogP contribution in [0.2, 0.25) is 0 Å². The van der Waals surface area contributed by atoms with E-state index in [1.807, 2.05) is 18.7 Å². The fraction of sp³-hybridized carbons (Fsp3) is 0.529. The van der Waals surface area contributed by atoms with E-state index in [1.54, 1.807) is 12.1 Å². The predicted molar refractivity (Wildman–Crippen MR) is 86.2 cm³/mol. The number of halogens is 1. The molecule has 0 saturated carbocycles. The number of benzene rings is 1. The van der Waals surface area contributed by atoms with E-state index < -0.39 is 5.82 Å². The van der Waals surface area contributed by atoms with Crippen molar-refractivity contribution in [3.8, 4) is 0 Å². The molecule has 0 atom stereocenters. The molecule has 22 heavy (non-hydrogen) atoms. The highest BCUT2D eigenvalue weighted by Crippen LogP contribution is 2.16. The Labute approximate surface area is 131 Å². The first-order chi connectivity index (χ1) is 10.5. The number of anilines is 1. The number of nitrogens with zero attached hydrogens (tertiary/aromatic N) is 2. The molecule has 0 aliphatic carbocycles. The Bertz CT molecular complexity index is 499. The Kier molecular flexibility index (Phi) is 7.57. The number of rotatable bonds is 8. The summed E-state index contributed by atoms with van der Waals surface area (Å²) in [6.45, 7) is 7.21. The monoisotopic (exact) mass is 308 g/mol. The molecule has 1 aromatic rings. The summed E-state index contributed by atoms with van der Waals surface area (Å²) in [6, 6.07) is 5.87. The second kappa shape index (κ2) is 9.18. The quantitative estimate of drug-likeness (QED) is 0.740. The predicted octanol–water partition coefficient (Wildman–Crippen LogP) is 3.22. The van der Waals surface area contributed by atoms with Crippen molar-refractivity contribution in [3.05, 3.63) is 30.1 Å². The molecule has 0 fully saturated rings. The lowest BCUT2D eigenvalue weighted by molar-refractivity contribution is -0.131. The minimum absolute atomic E-state index is 0.0337. The van der Waals surface area contributed by atoms with E-state index in [4.69, 9.17) is 0 Å². The van der Waals surface area contributed by atoms with Crippen LogP contribution in [0.3, 0.4) is 0 Å². The third-order valence-corrected chi connectivity index (χ3v) is 3.39. The summed E-state index contributed by atoms with van der Waals surface area (Å²) in [7, 11) is 0. The topological polar surface area (TPSA) is 40.6 Å². The Morgan fingerprint density at radius 1 is 1.09 bits per heavy atom. The van der Waals surface area contributed by atoms with Gasteiger partial charge in [0, 0.05) is 38.7 Å². The van der Waals surface area contributed by atoms with Crippen molar-refractivity contribution in [1.29, 1.82) is 0 Å². The summed E-state index contributed by atoms with van der Waals surface area (Å²) in [6.07, 6.45) is 2.06. The molecule has 0 spiro atoms. The molecule has 0 radical (unpaired) electrons. The molecule has 0 aromatic heterocycles. The SMILES string of the molecule is CCCN(CCC)C(=O)CCN(C(C)=O)c1cccc(F)c1. The van der Waals surface area contributed by atoms with E-state index in [2.05, 4.69) is 0 Å². The molecule has 2 amide bonds. The number of amides is 2. The maximum absolute atomic E-state index is 13.3. The Hall–Kier alpha value is -1.91. The van der Waals surface area contributed by atoms with Gasteiger partial charge in [-0.2, -0.15) is 0 Å². The van der Waals surface area contributed by atoms with E-state index in [1.165, 1.54) is 24.0 Å². The van der Waals surface area contributed by atoms with Gasteiger partial charge in [0.2, 0.25) is 11.8 Å². The first-order valence-electron chi connectivity index (χ1n) is 7.81. The molecule has 0 aliphatic rings. The van der Waals surface area contributed by atoms with E-state index in [0.717, 1.165) is 25.9 Å². The van der Waals surface area contributed by atoms with Crippen LogP contribution < -0.4 is 4.90 Å². The molecule has 5 heteroatoms. The lowest BCUT2D eigenvalue weighted by Gasteiger charge is -2.25. The minimum atomic E-state index is -0.395. The molecule has 4 nitrogen and oxygen atoms in total. The Morgan fingerprint density at radius 3 is 2.23 bits per heavy atom. The van der Waals surface area contributed by atoms with Crippen LogP contribution in [-0.4, -0.2) is 36.3 Å². The van der Waals surface area contributed by atoms with Crippen molar-refractivity contribution in [2.24, 2.45) is 0 Å². The lowest BCUT2D eigenvalue weighted by atomic mass is 10.2. The van der Waals surface area contributed by atoms with Crippen molar-refractivity contribution in [2.45, 2.75) is 40.0 Å². The average molecular weight is 308 g/mol. The minimum Gasteiger partial charge on any atom is -0.343 e. The molecule has 122 valence electrons. The van der Waals surface area contributed by atoms with Crippen LogP contribution in [0.1, 0.15) is 40.0 Å². The van der Waals surface area contributed by atoms with Crippen LogP contribution in [0.15, 0.2) is 24.3 Å². The summed E-state index contributed by atoms with van der Waals surface area (Å²) in [5, 5.41) is 0. The van der Waals surface area contributed by atoms with E-state index >= 15 is 0 Å². The van der Waals surface area contributed by atoms with Gasteiger partial charge in [-0.25, -0.2) is 4.39 Å². The van der Waals surface area contributed by atoms with Crippen molar-refractivity contribution in [3.63, 3.8) is 0 Å². The van der Waals surface area contributed by atoms with Gasteiger partial charge in [0.05, 0.1) is 0 Å². The molecular formula is C17H25FN2O2. The zero-order valence-corrected chi connectivity index (χ0v) is 13.6. The summed E-state index contributed by atoms with van der Waals surface area (Å²) in [4.78, 5) is 27.3. The number of carbonyl (C=O) groups excluding carboxylic acids is 2. The van der Waals surface area contributed by atoms with Gasteiger partial charge in [-0.1, -0.05) is 19.9 Å². The van der Waals surface area contributed by atoms with Crippen molar-refractivity contribution in [2.75, 3.05) is 24.5 Å². The summed E-state index contributed by atoms with van der Waals surface area (Å²) >= 11 is 0. The van der Waals surface area contributed by atoms with Crippen LogP contribution in [0, 0.1) is 5.82 Å². The van der Waals surface area contributed by atoms with E-state index in [-0.39, 0.29) is 24.8 Å². The van der Waals surface area contributed by atoms with Crippen molar-refractivity contribution >= 4 is 17.5 Å². The number of hydrogen-bond acceptors (Lipinski definition) is 2. The standard InChI is InChI=1S/C17H25FN2O2/c1-4-10-19(11-5-2)17(22)9-12-20(14(3)21)16-8-6-7-15(18)13-16/h6-8,13H,4-5,9-12H2,1-3H3. The Morgan fingerprint density at radius 2 is 1.73 bits per heavy atom. The maximum atomic E-state index is 13.3. The highest BCUT2D eigenvalue weighted by molar-refractivity contribution is 5.92. The van der Waals surface area contributed by atoms with Crippen molar-refractivity contribution < 1.29 is 14.0 Å². The van der Waals surface area contributed by atoms with Gasteiger partial charge in [0.1, 0.15) is 5.82 Å². The van der Waals surface area contributed by atoms with Crippen LogP contribution in [-0.2, 0) is 9.59 Å². The summed E-state index contributed by atoms with van der Waals surface area (Å²) in [5.41, 5.74) is 0.484. The highest BCUT2D eigenvalue weighted by atomic mass is 19.1. The summed E-state index contributed by atoms with van der Waals surface area (Å²) in [5.74, 6) is -0.559. The van der Waals surface area contributed by atoms with Gasteiger partial charge in [0.15, 0.2) is 0 Å². The average Bonchev–Trinajstić information content (AvgIpc) is 2.46. The van der Waals surface area contributed by atoms with Crippen LogP contribution in [0.4, 0.5) is 10.1 Å². The van der Waals surface area contributed by atoms with Gasteiger partial charge in [-0.3, -0.25) is 9.59 Å². The first-order valence-corrected chi connectivity index (χ1v) is 7.81. The molecule has 0 saturated heterocycles. The zero-order chi connectivity index (χ0) is 16.5. The smallest absolute Gasteiger partial charge is 0.224 e. The van der Waals surface area contributed by atoms with Crippen molar-refractivity contribution in [1.82, 2.24) is 4.90 Å². The van der Waals surface area contributed by atoms with Gasteiger partial charge in [0.25, 0.3) is 0 Å². The summed E-state index contributed by atoms with van der Waals surface area (Å²) < 4.78 is 13.3. The molecular weight excluding hydrogens is 283 g/mol. The van der Waals surface area contributed by atoms with Gasteiger partial charge in [-0.15, -0.1) is 0 Å². The molecule has 0 unspecified atom stereocenters. The van der Waals surface area contributed by atoms with Crippen LogP contribution in [0.5, 0.6) is 0 Å². The zero-order valence-electron chi connectivity index (χ0n) is 13.6. The largest absolute Gasteiger partial charge is 0.343 e. The van der Waals surface area contributed by atoms with E-state index in [0.29, 0.717) is 5.69 Å². The maximum Gasteiger partial charge on any atom is 0.224 e. The Balaban J connectivity index is 2.72. The normalized spacial score (nSPS) is 10.4. The third kappa shape index (κ3) is 5.47. The fourth-order valence-corrected chi connectivity index (χ4v) is 2.38. The van der Waals surface area contributed by atoms with E-state index in [9.17, 15) is 14.0 Å². The molecule has 0 aliphatic heterocycles. The fourth-order valence-electron chi connectivity index (χ4n) is 2.38. The molecule has 0 N–H and O–H groups in total. The second-order valence-electron chi connectivity index (χ2n) is 5.28. The van der Waals surface area contributed by atoms with Crippen LogP contribution >= 0.6 is 0 Å². The molecule has 0 heterocycles. The van der Waals surface area contributed by atoms with Gasteiger partial charge in [-0.05, 0) is 31.0 Å². The third-order valence-electron chi connectivity index (χ3n) is 3.39.